The van der Waals surface area contributed by atoms with Crippen molar-refractivity contribution in [2.75, 3.05) is 11.9 Å². The molecule has 1 aliphatic carbocycles. The number of furan rings is 1. The second kappa shape index (κ2) is 7.06. The summed E-state index contributed by atoms with van der Waals surface area (Å²) >= 11 is 0. The van der Waals surface area contributed by atoms with Crippen LogP contribution < -0.4 is 5.32 Å². The molecule has 3 aromatic rings. The van der Waals surface area contributed by atoms with Gasteiger partial charge >= 0.3 is 0 Å². The molecule has 2 heterocycles. The Bertz CT molecular complexity index is 993. The minimum atomic E-state index is -0.989. The summed E-state index contributed by atoms with van der Waals surface area (Å²) in [5, 5.41) is 3.99. The third-order valence-electron chi connectivity index (χ3n) is 5.84. The predicted octanol–water partition coefficient (Wildman–Crippen LogP) is 4.86. The highest BCUT2D eigenvalue weighted by atomic mass is 19.1. The molecule has 1 amide bonds. The largest absolute Gasteiger partial charge is 0.464 e. The van der Waals surface area contributed by atoms with Crippen LogP contribution in [0.25, 0.3) is 11.0 Å². The van der Waals surface area contributed by atoms with E-state index in [0.29, 0.717) is 12.5 Å². The first kappa shape index (κ1) is 17.4. The van der Waals surface area contributed by atoms with Crippen molar-refractivity contribution in [1.29, 1.82) is 0 Å². The van der Waals surface area contributed by atoms with Crippen LogP contribution in [0, 0.1) is 0 Å². The van der Waals surface area contributed by atoms with Gasteiger partial charge in [0.15, 0.2) is 0 Å². The number of benzene rings is 2. The van der Waals surface area contributed by atoms with Gasteiger partial charge < -0.3 is 9.73 Å². The molecule has 0 spiro atoms. The first-order chi connectivity index (χ1) is 13.7. The number of amides is 1. The van der Waals surface area contributed by atoms with Crippen LogP contribution in [0.5, 0.6) is 0 Å². The van der Waals surface area contributed by atoms with Crippen LogP contribution in [0.4, 0.5) is 10.1 Å². The van der Waals surface area contributed by atoms with Gasteiger partial charge in [-0.15, -0.1) is 0 Å². The number of hydrogen-bond donors (Lipinski definition) is 1. The Kier molecular flexibility index (Phi) is 4.40. The molecule has 0 bridgehead atoms. The molecule has 1 N–H and O–H groups in total. The van der Waals surface area contributed by atoms with E-state index in [2.05, 4.69) is 17.4 Å². The first-order valence-electron chi connectivity index (χ1n) is 9.91. The Morgan fingerprint density at radius 2 is 1.96 bits per heavy atom. The smallest absolute Gasteiger partial charge is 0.241 e. The number of fused-ring (bicyclic) bond motifs is 1. The number of anilines is 1. The summed E-state index contributed by atoms with van der Waals surface area (Å²) in [6.45, 7) is 0.795. The summed E-state index contributed by atoms with van der Waals surface area (Å²) in [5.41, 5.74) is 3.96. The van der Waals surface area contributed by atoms with Crippen LogP contribution in [0.2, 0.25) is 0 Å². The molecular formula is C23H23FN2O2. The van der Waals surface area contributed by atoms with Crippen LogP contribution in [-0.4, -0.2) is 29.6 Å². The molecule has 4 nitrogen and oxygen atoms in total. The number of likely N-dealkylation sites (tertiary alicyclic amines) is 1. The second-order valence-electron chi connectivity index (χ2n) is 7.91. The Labute approximate surface area is 163 Å². The SMILES string of the molecule is O=C(Nc1ccc(C2CC2)cc1)[C@H]1C[C@H](F)CN1Cc1cccc2occc12. The minimum absolute atomic E-state index is 0.140. The highest BCUT2D eigenvalue weighted by Gasteiger charge is 2.37. The van der Waals surface area contributed by atoms with Gasteiger partial charge in [0.25, 0.3) is 0 Å². The highest BCUT2D eigenvalue weighted by Crippen LogP contribution is 2.40. The minimum Gasteiger partial charge on any atom is -0.464 e. The summed E-state index contributed by atoms with van der Waals surface area (Å²) in [6, 6.07) is 15.4. The summed E-state index contributed by atoms with van der Waals surface area (Å²) in [5.74, 6) is 0.548. The lowest BCUT2D eigenvalue weighted by Crippen LogP contribution is -2.39. The van der Waals surface area contributed by atoms with Crippen LogP contribution in [0.1, 0.15) is 36.3 Å². The fourth-order valence-electron chi connectivity index (χ4n) is 4.19. The van der Waals surface area contributed by atoms with Crippen molar-refractivity contribution in [3.05, 3.63) is 65.9 Å². The number of nitrogens with zero attached hydrogens (tertiary/aromatic N) is 1. The van der Waals surface area contributed by atoms with E-state index in [1.807, 2.05) is 41.3 Å². The monoisotopic (exact) mass is 378 g/mol. The zero-order valence-electron chi connectivity index (χ0n) is 15.6. The van der Waals surface area contributed by atoms with E-state index >= 15 is 0 Å². The molecule has 1 saturated carbocycles. The van der Waals surface area contributed by atoms with Gasteiger partial charge in [-0.05, 0) is 54.2 Å². The molecule has 2 aliphatic rings. The molecule has 2 atom stereocenters. The van der Waals surface area contributed by atoms with E-state index in [1.165, 1.54) is 18.4 Å². The zero-order valence-corrected chi connectivity index (χ0v) is 15.6. The maximum absolute atomic E-state index is 14.2. The molecular weight excluding hydrogens is 355 g/mol. The number of nitrogens with one attached hydrogen (secondary N) is 1. The molecule has 2 aromatic carbocycles. The third kappa shape index (κ3) is 3.42. The lowest BCUT2D eigenvalue weighted by molar-refractivity contribution is -0.120. The van der Waals surface area contributed by atoms with Crippen LogP contribution in [0.3, 0.4) is 0 Å². The molecule has 144 valence electrons. The second-order valence-corrected chi connectivity index (χ2v) is 7.91. The third-order valence-corrected chi connectivity index (χ3v) is 5.84. The normalized spacial score (nSPS) is 22.6. The average Bonchev–Trinajstić information content (AvgIpc) is 3.31. The molecule has 0 unspecified atom stereocenters. The number of alkyl halides is 1. The van der Waals surface area contributed by atoms with Gasteiger partial charge in [-0.25, -0.2) is 4.39 Å². The van der Waals surface area contributed by atoms with Gasteiger partial charge in [-0.2, -0.15) is 0 Å². The predicted molar refractivity (Wildman–Crippen MR) is 107 cm³/mol. The van der Waals surface area contributed by atoms with E-state index in [0.717, 1.165) is 22.2 Å². The Hall–Kier alpha value is -2.66. The first-order valence-corrected chi connectivity index (χ1v) is 9.91. The molecule has 5 heteroatoms. The lowest BCUT2D eigenvalue weighted by atomic mass is 10.1. The Morgan fingerprint density at radius 3 is 2.75 bits per heavy atom. The molecule has 1 aromatic heterocycles. The lowest BCUT2D eigenvalue weighted by Gasteiger charge is -2.23. The van der Waals surface area contributed by atoms with Crippen molar-refractivity contribution in [3.8, 4) is 0 Å². The van der Waals surface area contributed by atoms with Crippen molar-refractivity contribution >= 4 is 22.6 Å². The quantitative estimate of drug-likeness (QED) is 0.690. The number of carbonyl (C=O) groups is 1. The van der Waals surface area contributed by atoms with E-state index < -0.39 is 12.2 Å². The molecule has 1 saturated heterocycles. The average molecular weight is 378 g/mol. The van der Waals surface area contributed by atoms with Gasteiger partial charge in [-0.1, -0.05) is 24.3 Å². The summed E-state index contributed by atoms with van der Waals surface area (Å²) in [7, 11) is 0. The number of carbonyl (C=O) groups excluding carboxylic acids is 1. The van der Waals surface area contributed by atoms with Crippen molar-refractivity contribution in [2.45, 2.75) is 43.9 Å². The fraction of sp³-hybridized carbons (Fsp3) is 0.348. The highest BCUT2D eigenvalue weighted by molar-refractivity contribution is 5.95. The maximum Gasteiger partial charge on any atom is 0.241 e. The van der Waals surface area contributed by atoms with E-state index in [9.17, 15) is 9.18 Å². The van der Waals surface area contributed by atoms with E-state index in [4.69, 9.17) is 4.42 Å². The molecule has 2 fully saturated rings. The summed E-state index contributed by atoms with van der Waals surface area (Å²) in [6.07, 6.45) is 3.41. The Morgan fingerprint density at radius 1 is 1.14 bits per heavy atom. The molecule has 1 aliphatic heterocycles. The molecule has 5 rings (SSSR count). The van der Waals surface area contributed by atoms with Gasteiger partial charge in [-0.3, -0.25) is 9.69 Å². The topological polar surface area (TPSA) is 45.5 Å². The summed E-state index contributed by atoms with van der Waals surface area (Å²) < 4.78 is 19.6. The van der Waals surface area contributed by atoms with Crippen LogP contribution in [-0.2, 0) is 11.3 Å². The van der Waals surface area contributed by atoms with Gasteiger partial charge in [0, 0.05) is 30.6 Å². The van der Waals surface area contributed by atoms with Gasteiger partial charge in [0.2, 0.25) is 5.91 Å². The van der Waals surface area contributed by atoms with Crippen LogP contribution in [0.15, 0.2) is 59.2 Å². The van der Waals surface area contributed by atoms with Crippen molar-refractivity contribution in [3.63, 3.8) is 0 Å². The number of hydrogen-bond acceptors (Lipinski definition) is 3. The van der Waals surface area contributed by atoms with E-state index in [1.54, 1.807) is 6.26 Å². The standard InChI is InChI=1S/C23H23FN2O2/c24-18-12-21(23(27)25-19-8-6-16(7-9-19)15-4-5-15)26(14-18)13-17-2-1-3-22-20(17)10-11-28-22/h1-3,6-11,15,18,21H,4-5,12-14H2,(H,25,27)/t18-,21+/m0/s1. The molecule has 28 heavy (non-hydrogen) atoms. The van der Waals surface area contributed by atoms with Crippen molar-refractivity contribution < 1.29 is 13.6 Å². The fourth-order valence-corrected chi connectivity index (χ4v) is 4.19. The van der Waals surface area contributed by atoms with Crippen LogP contribution >= 0.6 is 0 Å². The Balaban J connectivity index is 1.31. The van der Waals surface area contributed by atoms with Crippen molar-refractivity contribution in [2.24, 2.45) is 0 Å². The van der Waals surface area contributed by atoms with Gasteiger partial charge in [0.1, 0.15) is 11.8 Å². The van der Waals surface area contributed by atoms with Crippen molar-refractivity contribution in [1.82, 2.24) is 4.90 Å². The molecule has 0 radical (unpaired) electrons. The number of halogens is 1. The van der Waals surface area contributed by atoms with E-state index in [-0.39, 0.29) is 18.9 Å². The van der Waals surface area contributed by atoms with Gasteiger partial charge in [0.05, 0.1) is 12.3 Å². The maximum atomic E-state index is 14.2. The zero-order chi connectivity index (χ0) is 19.1. The number of rotatable bonds is 5. The summed E-state index contributed by atoms with van der Waals surface area (Å²) in [4.78, 5) is 14.8.